The maximum absolute atomic E-state index is 10.8. The zero-order valence-corrected chi connectivity index (χ0v) is 10.5. The molecule has 0 aliphatic heterocycles. The summed E-state index contributed by atoms with van der Waals surface area (Å²) in [5, 5.41) is 21.1. The predicted molar refractivity (Wildman–Crippen MR) is 67.8 cm³/mol. The van der Waals surface area contributed by atoms with E-state index >= 15 is 0 Å². The van der Waals surface area contributed by atoms with Gasteiger partial charge in [-0.1, -0.05) is 0 Å². The number of aromatic nitrogens is 1. The fraction of sp³-hybridized carbons (Fsp3) is 0.333. The fourth-order valence-electron chi connectivity index (χ4n) is 1.38. The summed E-state index contributed by atoms with van der Waals surface area (Å²) in [5.74, 6) is -2.28. The van der Waals surface area contributed by atoms with Crippen molar-refractivity contribution >= 4 is 17.7 Å². The number of aryl methyl sites for hydroxylation is 1. The van der Waals surface area contributed by atoms with E-state index in [9.17, 15) is 9.59 Å². The number of carboxylic acids is 2. The topological polar surface area (TPSA) is 112 Å². The first-order valence-electron chi connectivity index (χ1n) is 5.65. The average molecular weight is 265 g/mol. The summed E-state index contributed by atoms with van der Waals surface area (Å²) in [6.07, 6.45) is 1.27. The van der Waals surface area contributed by atoms with E-state index < -0.39 is 11.9 Å². The van der Waals surface area contributed by atoms with Crippen molar-refractivity contribution in [2.45, 2.75) is 26.3 Å². The lowest BCUT2D eigenvalue weighted by Crippen LogP contribution is -2.19. The molecule has 0 spiro atoms. The summed E-state index contributed by atoms with van der Waals surface area (Å²) in [6, 6.07) is 3.63. The number of rotatable bonds is 7. The van der Waals surface area contributed by atoms with Crippen molar-refractivity contribution in [3.63, 3.8) is 0 Å². The molecular formula is C12H15N3O4. The molecule has 0 aromatic carbocycles. The molecule has 0 saturated heterocycles. The predicted octanol–water partition coefficient (Wildman–Crippen LogP) is 0.785. The molecule has 1 heterocycles. The lowest BCUT2D eigenvalue weighted by atomic mass is 10.2. The van der Waals surface area contributed by atoms with Crippen molar-refractivity contribution in [1.29, 1.82) is 0 Å². The number of carbonyl (C=O) groups is 2. The molecule has 0 radical (unpaired) electrons. The van der Waals surface area contributed by atoms with Crippen LogP contribution >= 0.6 is 0 Å². The first kappa shape index (κ1) is 14.6. The first-order valence-corrected chi connectivity index (χ1v) is 5.65. The molecule has 0 amide bonds. The van der Waals surface area contributed by atoms with Gasteiger partial charge in [0.15, 0.2) is 0 Å². The monoisotopic (exact) mass is 265 g/mol. The largest absolute Gasteiger partial charge is 0.481 e. The third kappa shape index (κ3) is 5.62. The van der Waals surface area contributed by atoms with E-state index in [4.69, 9.17) is 10.2 Å². The van der Waals surface area contributed by atoms with E-state index in [2.05, 4.69) is 15.5 Å². The van der Waals surface area contributed by atoms with Crippen LogP contribution in [0, 0.1) is 6.92 Å². The number of nitrogens with zero attached hydrogens (tertiary/aromatic N) is 2. The van der Waals surface area contributed by atoms with Gasteiger partial charge in [0.25, 0.3) is 0 Å². The van der Waals surface area contributed by atoms with Gasteiger partial charge in [-0.05, 0) is 24.6 Å². The molecule has 7 heteroatoms. The minimum absolute atomic E-state index is 0.118. The zero-order chi connectivity index (χ0) is 14.3. The number of hydrogen-bond acceptors (Lipinski definition) is 5. The molecule has 0 saturated carbocycles. The molecule has 0 bridgehead atoms. The Morgan fingerprint density at radius 3 is 2.68 bits per heavy atom. The van der Waals surface area contributed by atoms with Gasteiger partial charge in [0.05, 0.1) is 13.0 Å². The van der Waals surface area contributed by atoms with Crippen LogP contribution in [0.15, 0.2) is 23.4 Å². The van der Waals surface area contributed by atoms with Crippen molar-refractivity contribution in [2.75, 3.05) is 0 Å². The second kappa shape index (κ2) is 7.10. The van der Waals surface area contributed by atoms with Crippen LogP contribution < -0.4 is 5.43 Å². The van der Waals surface area contributed by atoms with Gasteiger partial charge >= 0.3 is 11.9 Å². The summed E-state index contributed by atoms with van der Waals surface area (Å²) >= 11 is 0. The summed E-state index contributed by atoms with van der Waals surface area (Å²) in [7, 11) is 0. The Morgan fingerprint density at radius 2 is 2.11 bits per heavy atom. The molecule has 0 unspecified atom stereocenters. The van der Waals surface area contributed by atoms with Gasteiger partial charge in [-0.25, -0.2) is 4.79 Å². The molecule has 0 fully saturated rings. The van der Waals surface area contributed by atoms with Crippen LogP contribution in [-0.4, -0.2) is 32.8 Å². The third-order valence-electron chi connectivity index (χ3n) is 2.28. The van der Waals surface area contributed by atoms with E-state index in [1.807, 2.05) is 13.0 Å². The van der Waals surface area contributed by atoms with E-state index in [1.165, 1.54) is 0 Å². The molecule has 1 aromatic heterocycles. The molecule has 19 heavy (non-hydrogen) atoms. The molecule has 7 nitrogen and oxygen atoms in total. The van der Waals surface area contributed by atoms with Gasteiger partial charge in [-0.15, -0.1) is 0 Å². The minimum atomic E-state index is -1.22. The van der Waals surface area contributed by atoms with E-state index in [-0.39, 0.29) is 18.6 Å². The van der Waals surface area contributed by atoms with Crippen LogP contribution in [0.2, 0.25) is 0 Å². The second-order valence-electron chi connectivity index (χ2n) is 3.90. The summed E-state index contributed by atoms with van der Waals surface area (Å²) in [5.41, 5.74) is 4.19. The van der Waals surface area contributed by atoms with Crippen LogP contribution in [0.25, 0.3) is 0 Å². The molecular weight excluding hydrogens is 250 g/mol. The summed E-state index contributed by atoms with van der Waals surface area (Å²) in [6.45, 7) is 2.20. The standard InChI is InChI=1S/C12H15N3O4/c1-8-6-9(4-5-13-8)7-14-15-10(12(18)19)2-3-11(16)17/h4-6,14H,2-3,7H2,1H3,(H,16,17)(H,18,19)/b15-10-. The SMILES string of the molecule is Cc1cc(CN/N=C(/CCC(=O)O)C(=O)O)ccn1. The van der Waals surface area contributed by atoms with E-state index in [0.29, 0.717) is 6.54 Å². The lowest BCUT2D eigenvalue weighted by molar-refractivity contribution is -0.136. The van der Waals surface area contributed by atoms with Crippen LogP contribution in [-0.2, 0) is 16.1 Å². The Morgan fingerprint density at radius 1 is 1.37 bits per heavy atom. The normalized spacial score (nSPS) is 11.1. The highest BCUT2D eigenvalue weighted by Crippen LogP contribution is 2.00. The van der Waals surface area contributed by atoms with Crippen molar-refractivity contribution < 1.29 is 19.8 Å². The fourth-order valence-corrected chi connectivity index (χ4v) is 1.38. The van der Waals surface area contributed by atoms with Gasteiger partial charge in [0.2, 0.25) is 0 Å². The number of pyridine rings is 1. The molecule has 0 aliphatic rings. The summed E-state index contributed by atoms with van der Waals surface area (Å²) in [4.78, 5) is 25.3. The highest BCUT2D eigenvalue weighted by atomic mass is 16.4. The number of hydrazone groups is 1. The number of nitrogens with one attached hydrogen (secondary N) is 1. The van der Waals surface area contributed by atoms with Crippen LogP contribution in [0.3, 0.4) is 0 Å². The molecule has 1 rings (SSSR count). The third-order valence-corrected chi connectivity index (χ3v) is 2.28. The van der Waals surface area contributed by atoms with Crippen LogP contribution in [0.1, 0.15) is 24.1 Å². The van der Waals surface area contributed by atoms with Gasteiger partial charge < -0.3 is 15.6 Å². The van der Waals surface area contributed by atoms with Crippen LogP contribution in [0.5, 0.6) is 0 Å². The maximum atomic E-state index is 10.8. The zero-order valence-electron chi connectivity index (χ0n) is 10.5. The number of aliphatic carboxylic acids is 2. The average Bonchev–Trinajstić information content (AvgIpc) is 2.32. The lowest BCUT2D eigenvalue weighted by Gasteiger charge is -2.04. The van der Waals surface area contributed by atoms with E-state index in [1.54, 1.807) is 12.3 Å². The van der Waals surface area contributed by atoms with Gasteiger partial charge in [-0.3, -0.25) is 9.78 Å². The Bertz CT molecular complexity index is 500. The van der Waals surface area contributed by atoms with Gasteiger partial charge in [-0.2, -0.15) is 5.10 Å². The highest BCUT2D eigenvalue weighted by molar-refractivity contribution is 6.35. The second-order valence-corrected chi connectivity index (χ2v) is 3.90. The van der Waals surface area contributed by atoms with E-state index in [0.717, 1.165) is 11.3 Å². The van der Waals surface area contributed by atoms with Crippen molar-refractivity contribution in [1.82, 2.24) is 10.4 Å². The van der Waals surface area contributed by atoms with Crippen molar-refractivity contribution in [2.24, 2.45) is 5.10 Å². The molecule has 0 aliphatic carbocycles. The Hall–Kier alpha value is -2.44. The molecule has 0 atom stereocenters. The van der Waals surface area contributed by atoms with Gasteiger partial charge in [0, 0.05) is 18.3 Å². The molecule has 102 valence electrons. The summed E-state index contributed by atoms with van der Waals surface area (Å²) < 4.78 is 0. The first-order chi connectivity index (χ1) is 8.99. The quantitative estimate of drug-likeness (QED) is 0.496. The van der Waals surface area contributed by atoms with Gasteiger partial charge in [0.1, 0.15) is 5.71 Å². The molecule has 1 aromatic rings. The highest BCUT2D eigenvalue weighted by Gasteiger charge is 2.11. The Labute approximate surface area is 110 Å². The minimum Gasteiger partial charge on any atom is -0.481 e. The number of carboxylic acid groups (broad SMARTS) is 2. The molecule has 3 N–H and O–H groups in total. The van der Waals surface area contributed by atoms with Crippen molar-refractivity contribution in [3.8, 4) is 0 Å². The maximum Gasteiger partial charge on any atom is 0.352 e. The number of hydrogen-bond donors (Lipinski definition) is 3. The smallest absolute Gasteiger partial charge is 0.352 e. The van der Waals surface area contributed by atoms with Crippen molar-refractivity contribution in [3.05, 3.63) is 29.6 Å². The Kier molecular flexibility index (Phi) is 5.46. The van der Waals surface area contributed by atoms with Crippen LogP contribution in [0.4, 0.5) is 0 Å². The Balaban J connectivity index is 2.56.